The Kier molecular flexibility index (Phi) is 3.62. The molecule has 0 spiro atoms. The van der Waals surface area contributed by atoms with Crippen LogP contribution in [0, 0.1) is 11.3 Å². The number of morpholine rings is 1. The molecule has 0 amide bonds. The van der Waals surface area contributed by atoms with Crippen molar-refractivity contribution in [3.05, 3.63) is 11.8 Å². The minimum absolute atomic E-state index is 0.739. The average molecular weight is 166 g/mol. The van der Waals surface area contributed by atoms with Crippen molar-refractivity contribution in [2.24, 2.45) is 0 Å². The van der Waals surface area contributed by atoms with Gasteiger partial charge in [0.15, 0.2) is 0 Å². The molecule has 0 aromatic heterocycles. The second-order valence-corrected chi connectivity index (χ2v) is 2.71. The van der Waals surface area contributed by atoms with Gasteiger partial charge in [-0.05, 0) is 6.42 Å². The van der Waals surface area contributed by atoms with Crippen LogP contribution >= 0.6 is 0 Å². The third-order valence-corrected chi connectivity index (χ3v) is 1.86. The lowest BCUT2D eigenvalue weighted by molar-refractivity contribution is 0.0557. The first kappa shape index (κ1) is 9.08. The molecule has 1 heterocycles. The van der Waals surface area contributed by atoms with Gasteiger partial charge < -0.3 is 9.64 Å². The van der Waals surface area contributed by atoms with Crippen LogP contribution in [0.5, 0.6) is 0 Å². The van der Waals surface area contributed by atoms with E-state index in [1.807, 2.05) is 13.0 Å². The molecule has 0 aromatic carbocycles. The van der Waals surface area contributed by atoms with Crippen LogP contribution in [0.3, 0.4) is 0 Å². The van der Waals surface area contributed by atoms with Crippen molar-refractivity contribution in [1.29, 1.82) is 5.26 Å². The van der Waals surface area contributed by atoms with Gasteiger partial charge in [0, 0.05) is 13.1 Å². The Hall–Kier alpha value is -1.01. The smallest absolute Gasteiger partial charge is 0.117 e. The molecule has 0 N–H and O–H groups in total. The third-order valence-electron chi connectivity index (χ3n) is 1.86. The minimum Gasteiger partial charge on any atom is -0.378 e. The fraction of sp³-hybridized carbons (Fsp3) is 0.667. The van der Waals surface area contributed by atoms with Crippen molar-refractivity contribution in [2.45, 2.75) is 13.3 Å². The molecular formula is C9H14N2O. The van der Waals surface area contributed by atoms with E-state index in [4.69, 9.17) is 10.00 Å². The van der Waals surface area contributed by atoms with Gasteiger partial charge in [-0.15, -0.1) is 0 Å². The van der Waals surface area contributed by atoms with Crippen LogP contribution < -0.4 is 0 Å². The Morgan fingerprint density at radius 2 is 2.25 bits per heavy atom. The van der Waals surface area contributed by atoms with E-state index in [-0.39, 0.29) is 0 Å². The molecule has 3 heteroatoms. The van der Waals surface area contributed by atoms with Crippen LogP contribution in [0.2, 0.25) is 0 Å². The van der Waals surface area contributed by atoms with Crippen molar-refractivity contribution < 1.29 is 4.74 Å². The summed E-state index contributed by atoms with van der Waals surface area (Å²) in [7, 11) is 0. The first-order valence-electron chi connectivity index (χ1n) is 4.31. The van der Waals surface area contributed by atoms with Crippen LogP contribution in [-0.2, 0) is 4.74 Å². The van der Waals surface area contributed by atoms with Crippen LogP contribution in [0.15, 0.2) is 11.8 Å². The van der Waals surface area contributed by atoms with Crippen LogP contribution in [0.25, 0.3) is 0 Å². The fourth-order valence-electron chi connectivity index (χ4n) is 1.24. The molecule has 1 aliphatic rings. The molecule has 12 heavy (non-hydrogen) atoms. The molecule has 0 aliphatic carbocycles. The Morgan fingerprint density at radius 1 is 1.58 bits per heavy atom. The maximum absolute atomic E-state index is 8.81. The Morgan fingerprint density at radius 3 is 2.75 bits per heavy atom. The number of nitriles is 1. The highest BCUT2D eigenvalue weighted by Crippen LogP contribution is 2.07. The summed E-state index contributed by atoms with van der Waals surface area (Å²) in [6.07, 6.45) is 2.88. The highest BCUT2D eigenvalue weighted by molar-refractivity contribution is 5.19. The normalized spacial score (nSPS) is 19.0. The Labute approximate surface area is 73.2 Å². The maximum Gasteiger partial charge on any atom is 0.117 e. The molecule has 1 rings (SSSR count). The molecule has 3 nitrogen and oxygen atoms in total. The molecule has 0 aromatic rings. The summed E-state index contributed by atoms with van der Waals surface area (Å²) in [5.74, 6) is 0. The topological polar surface area (TPSA) is 36.3 Å². The molecule has 0 bridgehead atoms. The molecule has 0 unspecified atom stereocenters. The fourth-order valence-corrected chi connectivity index (χ4v) is 1.24. The lowest BCUT2D eigenvalue weighted by Crippen LogP contribution is -2.35. The van der Waals surface area contributed by atoms with E-state index in [9.17, 15) is 0 Å². The molecule has 1 fully saturated rings. The van der Waals surface area contributed by atoms with E-state index in [0.717, 1.165) is 38.4 Å². The van der Waals surface area contributed by atoms with Gasteiger partial charge in [0.1, 0.15) is 11.8 Å². The van der Waals surface area contributed by atoms with Crippen molar-refractivity contribution in [1.82, 2.24) is 4.90 Å². The standard InChI is InChI=1S/C9H14N2O/c1-2-3-9(8-10)11-4-6-12-7-5-11/h3H,2,4-7H2,1H3. The maximum atomic E-state index is 8.81. The Bertz CT molecular complexity index is 199. The predicted octanol–water partition coefficient (Wildman–Crippen LogP) is 1.14. The number of rotatable bonds is 2. The van der Waals surface area contributed by atoms with Gasteiger partial charge in [-0.1, -0.05) is 13.0 Å². The quantitative estimate of drug-likeness (QED) is 0.577. The molecule has 1 saturated heterocycles. The molecule has 66 valence electrons. The van der Waals surface area contributed by atoms with Gasteiger partial charge in [0.05, 0.1) is 13.2 Å². The van der Waals surface area contributed by atoms with Crippen molar-refractivity contribution in [3.63, 3.8) is 0 Å². The van der Waals surface area contributed by atoms with Crippen molar-refractivity contribution >= 4 is 0 Å². The van der Waals surface area contributed by atoms with Gasteiger partial charge in [0.25, 0.3) is 0 Å². The summed E-state index contributed by atoms with van der Waals surface area (Å²) < 4.78 is 5.19. The van der Waals surface area contributed by atoms with E-state index in [2.05, 4.69) is 11.0 Å². The van der Waals surface area contributed by atoms with E-state index >= 15 is 0 Å². The monoisotopic (exact) mass is 166 g/mol. The van der Waals surface area contributed by atoms with Gasteiger partial charge in [0.2, 0.25) is 0 Å². The number of hydrogen-bond acceptors (Lipinski definition) is 3. The summed E-state index contributed by atoms with van der Waals surface area (Å²) in [4.78, 5) is 2.08. The van der Waals surface area contributed by atoms with Gasteiger partial charge in [-0.2, -0.15) is 5.26 Å². The van der Waals surface area contributed by atoms with Crippen LogP contribution in [-0.4, -0.2) is 31.2 Å². The average Bonchev–Trinajstić information content (AvgIpc) is 2.15. The van der Waals surface area contributed by atoms with Crippen molar-refractivity contribution in [3.8, 4) is 6.07 Å². The predicted molar refractivity (Wildman–Crippen MR) is 46.4 cm³/mol. The number of hydrogen-bond donors (Lipinski definition) is 0. The summed E-state index contributed by atoms with van der Waals surface area (Å²) in [5.41, 5.74) is 0.792. The number of nitrogens with zero attached hydrogens (tertiary/aromatic N) is 2. The lowest BCUT2D eigenvalue weighted by Gasteiger charge is -2.27. The number of ether oxygens (including phenoxy) is 1. The first-order valence-corrected chi connectivity index (χ1v) is 4.31. The van der Waals surface area contributed by atoms with Crippen LogP contribution in [0.4, 0.5) is 0 Å². The molecular weight excluding hydrogens is 152 g/mol. The molecule has 0 radical (unpaired) electrons. The molecule has 0 atom stereocenters. The highest BCUT2D eigenvalue weighted by Gasteiger charge is 2.11. The summed E-state index contributed by atoms with van der Waals surface area (Å²) in [5, 5.41) is 8.81. The molecule has 1 aliphatic heterocycles. The SMILES string of the molecule is CCC=C(C#N)N1CCOCC1. The van der Waals surface area contributed by atoms with E-state index in [1.165, 1.54) is 0 Å². The Balaban J connectivity index is 2.53. The second kappa shape index (κ2) is 4.78. The van der Waals surface area contributed by atoms with Crippen LogP contribution in [0.1, 0.15) is 13.3 Å². The van der Waals surface area contributed by atoms with E-state index in [0.29, 0.717) is 0 Å². The summed E-state index contributed by atoms with van der Waals surface area (Å²) >= 11 is 0. The lowest BCUT2D eigenvalue weighted by atomic mass is 10.3. The van der Waals surface area contributed by atoms with Crippen molar-refractivity contribution in [2.75, 3.05) is 26.3 Å². The summed E-state index contributed by atoms with van der Waals surface area (Å²) in [6, 6.07) is 2.20. The summed E-state index contributed by atoms with van der Waals surface area (Å²) in [6.45, 7) is 5.21. The zero-order chi connectivity index (χ0) is 8.81. The third kappa shape index (κ3) is 2.24. The zero-order valence-electron chi connectivity index (χ0n) is 7.42. The highest BCUT2D eigenvalue weighted by atomic mass is 16.5. The first-order chi connectivity index (χ1) is 5.88. The zero-order valence-corrected chi connectivity index (χ0v) is 7.42. The second-order valence-electron chi connectivity index (χ2n) is 2.71. The van der Waals surface area contributed by atoms with Gasteiger partial charge >= 0.3 is 0 Å². The van der Waals surface area contributed by atoms with E-state index in [1.54, 1.807) is 0 Å². The number of allylic oxidation sites excluding steroid dienone is 2. The van der Waals surface area contributed by atoms with Gasteiger partial charge in [-0.3, -0.25) is 0 Å². The minimum atomic E-state index is 0.739. The molecule has 0 saturated carbocycles. The van der Waals surface area contributed by atoms with E-state index < -0.39 is 0 Å². The largest absolute Gasteiger partial charge is 0.378 e. The van der Waals surface area contributed by atoms with Gasteiger partial charge in [-0.25, -0.2) is 0 Å².